The first-order chi connectivity index (χ1) is 15.1. The Balaban J connectivity index is 1.18. The molecule has 5 rings (SSSR count). The van der Waals surface area contributed by atoms with Gasteiger partial charge in [-0.25, -0.2) is 4.98 Å². The fourth-order valence-corrected chi connectivity index (χ4v) is 3.82. The van der Waals surface area contributed by atoms with Crippen LogP contribution >= 0.6 is 12.2 Å². The third kappa shape index (κ3) is 4.22. The van der Waals surface area contributed by atoms with Crippen molar-refractivity contribution in [2.24, 2.45) is 0 Å². The fraction of sp³-hybridized carbons (Fsp3) is 0.273. The average molecular weight is 435 g/mol. The zero-order chi connectivity index (χ0) is 21.4. The molecular formula is C22H22N6O2S. The van der Waals surface area contributed by atoms with Gasteiger partial charge in [0.2, 0.25) is 0 Å². The minimum absolute atomic E-state index is 0.168. The van der Waals surface area contributed by atoms with Gasteiger partial charge in [-0.2, -0.15) is 5.10 Å². The van der Waals surface area contributed by atoms with E-state index in [1.54, 1.807) is 24.3 Å². The molecule has 2 N–H and O–H groups in total. The summed E-state index contributed by atoms with van der Waals surface area (Å²) in [5.41, 5.74) is 3.46. The highest BCUT2D eigenvalue weighted by Crippen LogP contribution is 2.35. The lowest BCUT2D eigenvalue weighted by atomic mass is 10.2. The molecule has 1 amide bonds. The number of nitrogens with one attached hydrogen (secondary N) is 2. The van der Waals surface area contributed by atoms with E-state index in [1.807, 2.05) is 40.4 Å². The second-order valence-corrected chi connectivity index (χ2v) is 8.13. The number of benzene rings is 1. The molecule has 1 aliphatic carbocycles. The van der Waals surface area contributed by atoms with E-state index in [0.717, 1.165) is 30.0 Å². The molecule has 0 bridgehead atoms. The van der Waals surface area contributed by atoms with Gasteiger partial charge in [0.25, 0.3) is 5.91 Å². The molecule has 9 heteroatoms. The molecule has 1 aliphatic rings. The van der Waals surface area contributed by atoms with Crippen LogP contribution in [0.5, 0.6) is 5.75 Å². The number of pyridine rings is 1. The van der Waals surface area contributed by atoms with E-state index in [1.165, 1.54) is 5.56 Å². The number of hydrogen-bond acceptors (Lipinski definition) is 5. The summed E-state index contributed by atoms with van der Waals surface area (Å²) in [6.45, 7) is 2.73. The Kier molecular flexibility index (Phi) is 5.03. The van der Waals surface area contributed by atoms with Crippen molar-refractivity contribution in [1.29, 1.82) is 0 Å². The van der Waals surface area contributed by atoms with Gasteiger partial charge in [-0.1, -0.05) is 6.07 Å². The molecule has 3 heterocycles. The molecule has 0 unspecified atom stereocenters. The van der Waals surface area contributed by atoms with Gasteiger partial charge in [0.05, 0.1) is 12.2 Å². The van der Waals surface area contributed by atoms with Gasteiger partial charge >= 0.3 is 0 Å². The van der Waals surface area contributed by atoms with Crippen LogP contribution in [0.3, 0.4) is 0 Å². The number of carbonyl (C=O) groups is 1. The minimum Gasteiger partial charge on any atom is -0.487 e. The largest absolute Gasteiger partial charge is 0.487 e. The molecule has 0 spiro atoms. The van der Waals surface area contributed by atoms with Crippen LogP contribution in [0.15, 0.2) is 48.8 Å². The van der Waals surface area contributed by atoms with Gasteiger partial charge in [-0.15, -0.1) is 0 Å². The van der Waals surface area contributed by atoms with Crippen LogP contribution in [0.4, 0.5) is 0 Å². The minimum atomic E-state index is -0.168. The highest BCUT2D eigenvalue weighted by atomic mass is 32.1. The number of aromatic nitrogens is 5. The monoisotopic (exact) mass is 434 g/mol. The van der Waals surface area contributed by atoms with Crippen molar-refractivity contribution < 1.29 is 9.53 Å². The summed E-state index contributed by atoms with van der Waals surface area (Å²) in [5, 5.41) is 9.95. The van der Waals surface area contributed by atoms with E-state index in [9.17, 15) is 4.79 Å². The van der Waals surface area contributed by atoms with Crippen molar-refractivity contribution in [3.63, 3.8) is 0 Å². The lowest BCUT2D eigenvalue weighted by Gasteiger charge is -2.08. The third-order valence-electron chi connectivity index (χ3n) is 5.25. The zero-order valence-corrected chi connectivity index (χ0v) is 17.9. The summed E-state index contributed by atoms with van der Waals surface area (Å²) in [6, 6.07) is 11.5. The lowest BCUT2D eigenvalue weighted by Crippen LogP contribution is -2.24. The Bertz CT molecular complexity index is 1300. The van der Waals surface area contributed by atoms with Crippen molar-refractivity contribution in [1.82, 2.24) is 29.5 Å². The SMILES string of the molecule is Cc1ccc2nc(COc3ccc(C(=O)NCc4n[nH]c(=S)n4C4CC4)cc3)cn2c1. The predicted octanol–water partition coefficient (Wildman–Crippen LogP) is 3.74. The van der Waals surface area contributed by atoms with E-state index >= 15 is 0 Å². The van der Waals surface area contributed by atoms with Crippen molar-refractivity contribution in [3.05, 3.63) is 76.2 Å². The van der Waals surface area contributed by atoms with Gasteiger partial charge in [-0.05, 0) is 67.9 Å². The van der Waals surface area contributed by atoms with Crippen LogP contribution in [0.2, 0.25) is 0 Å². The molecule has 8 nitrogen and oxygen atoms in total. The second kappa shape index (κ2) is 7.99. The number of nitrogens with zero attached hydrogens (tertiary/aromatic N) is 4. The van der Waals surface area contributed by atoms with Crippen LogP contribution < -0.4 is 10.1 Å². The Labute approximate surface area is 183 Å². The lowest BCUT2D eigenvalue weighted by molar-refractivity contribution is 0.0949. The van der Waals surface area contributed by atoms with E-state index < -0.39 is 0 Å². The maximum absolute atomic E-state index is 12.5. The highest BCUT2D eigenvalue weighted by Gasteiger charge is 2.27. The van der Waals surface area contributed by atoms with E-state index in [4.69, 9.17) is 17.0 Å². The number of rotatable bonds is 7. The Morgan fingerprint density at radius 1 is 1.23 bits per heavy atom. The first-order valence-electron chi connectivity index (χ1n) is 10.2. The van der Waals surface area contributed by atoms with Gasteiger partial charge in [0.1, 0.15) is 18.0 Å². The van der Waals surface area contributed by atoms with E-state index in [-0.39, 0.29) is 5.91 Å². The van der Waals surface area contributed by atoms with Gasteiger partial charge in [0, 0.05) is 24.0 Å². The Morgan fingerprint density at radius 3 is 2.81 bits per heavy atom. The molecule has 31 heavy (non-hydrogen) atoms. The van der Waals surface area contributed by atoms with Crippen LogP contribution in [0, 0.1) is 11.7 Å². The molecule has 1 aromatic carbocycles. The van der Waals surface area contributed by atoms with E-state index in [0.29, 0.717) is 35.3 Å². The van der Waals surface area contributed by atoms with Crippen molar-refractivity contribution in [2.75, 3.05) is 0 Å². The molecule has 1 fully saturated rings. The normalized spacial score (nSPS) is 13.5. The number of amides is 1. The summed E-state index contributed by atoms with van der Waals surface area (Å²) in [7, 11) is 0. The Morgan fingerprint density at radius 2 is 2.03 bits per heavy atom. The van der Waals surface area contributed by atoms with Crippen molar-refractivity contribution >= 4 is 23.8 Å². The average Bonchev–Trinajstić information content (AvgIpc) is 3.42. The number of carbonyl (C=O) groups excluding carboxylic acids is 1. The van der Waals surface area contributed by atoms with E-state index in [2.05, 4.69) is 20.5 Å². The maximum atomic E-state index is 12.5. The van der Waals surface area contributed by atoms with Crippen molar-refractivity contribution in [3.8, 4) is 5.75 Å². The molecular weight excluding hydrogens is 412 g/mol. The number of H-pyrrole nitrogens is 1. The molecule has 0 atom stereocenters. The van der Waals surface area contributed by atoms with Crippen LogP contribution in [0.25, 0.3) is 5.65 Å². The number of ether oxygens (including phenoxy) is 1. The molecule has 158 valence electrons. The number of hydrogen-bond donors (Lipinski definition) is 2. The van der Waals surface area contributed by atoms with Crippen LogP contribution in [-0.2, 0) is 13.2 Å². The third-order valence-corrected chi connectivity index (χ3v) is 5.54. The number of aromatic amines is 1. The predicted molar refractivity (Wildman–Crippen MR) is 118 cm³/mol. The first-order valence-corrected chi connectivity index (χ1v) is 10.6. The quantitative estimate of drug-likeness (QED) is 0.433. The topological polar surface area (TPSA) is 89.2 Å². The standard InChI is InChI=1S/C22H22N6O2S/c1-14-2-9-19-24-16(12-27(19)11-14)13-30-18-7-3-15(4-8-18)21(29)23-10-20-25-26-22(31)28(20)17-5-6-17/h2-4,7-9,11-12,17H,5-6,10,13H2,1H3,(H,23,29)(H,26,31). The summed E-state index contributed by atoms with van der Waals surface area (Å²) >= 11 is 5.27. The van der Waals surface area contributed by atoms with Crippen molar-refractivity contribution in [2.45, 2.75) is 39.0 Å². The van der Waals surface area contributed by atoms with Gasteiger partial charge < -0.3 is 14.5 Å². The highest BCUT2D eigenvalue weighted by molar-refractivity contribution is 7.71. The molecule has 0 radical (unpaired) electrons. The number of imidazole rings is 1. The maximum Gasteiger partial charge on any atom is 0.251 e. The summed E-state index contributed by atoms with van der Waals surface area (Å²) in [4.78, 5) is 17.1. The second-order valence-electron chi connectivity index (χ2n) is 7.75. The molecule has 0 aliphatic heterocycles. The Hall–Kier alpha value is -3.46. The number of aryl methyl sites for hydroxylation is 1. The van der Waals surface area contributed by atoms with Crippen LogP contribution in [-0.4, -0.2) is 30.1 Å². The molecule has 4 aromatic rings. The fourth-order valence-electron chi connectivity index (χ4n) is 3.52. The number of fused-ring (bicyclic) bond motifs is 1. The molecule has 3 aromatic heterocycles. The summed E-state index contributed by atoms with van der Waals surface area (Å²) in [5.74, 6) is 1.27. The summed E-state index contributed by atoms with van der Waals surface area (Å²) in [6.07, 6.45) is 6.20. The first kappa shape index (κ1) is 19.5. The zero-order valence-electron chi connectivity index (χ0n) is 17.0. The van der Waals surface area contributed by atoms with Crippen LogP contribution in [0.1, 0.15) is 46.3 Å². The molecule has 0 saturated heterocycles. The smallest absolute Gasteiger partial charge is 0.251 e. The van der Waals surface area contributed by atoms with Gasteiger partial charge in [0.15, 0.2) is 10.6 Å². The molecule has 1 saturated carbocycles. The van der Waals surface area contributed by atoms with Gasteiger partial charge in [-0.3, -0.25) is 14.5 Å². The summed E-state index contributed by atoms with van der Waals surface area (Å²) < 4.78 is 10.4.